The molecule has 7 nitrogen and oxygen atoms in total. The monoisotopic (exact) mass is 335 g/mol. The Morgan fingerprint density at radius 2 is 2.00 bits per heavy atom. The Kier molecular flexibility index (Phi) is 6.56. The third kappa shape index (κ3) is 4.14. The van der Waals surface area contributed by atoms with Gasteiger partial charge in [0.25, 0.3) is 10.0 Å². The van der Waals surface area contributed by atoms with Crippen LogP contribution < -0.4 is 5.32 Å². The Morgan fingerprint density at radius 3 is 2.48 bits per heavy atom. The zero-order chi connectivity index (χ0) is 16.0. The van der Waals surface area contributed by atoms with Crippen molar-refractivity contribution in [3.63, 3.8) is 0 Å². The highest BCUT2D eigenvalue weighted by molar-refractivity contribution is 7.91. The van der Waals surface area contributed by atoms with Crippen molar-refractivity contribution in [1.29, 1.82) is 0 Å². The van der Waals surface area contributed by atoms with E-state index in [-0.39, 0.29) is 9.90 Å². The lowest BCUT2D eigenvalue weighted by molar-refractivity contribution is -0.383. The van der Waals surface area contributed by atoms with Crippen LogP contribution in [0.25, 0.3) is 0 Å². The first-order valence-electron chi connectivity index (χ1n) is 6.90. The lowest BCUT2D eigenvalue weighted by Crippen LogP contribution is -2.31. The summed E-state index contributed by atoms with van der Waals surface area (Å²) >= 11 is 0.922. The van der Waals surface area contributed by atoms with Gasteiger partial charge in [-0.15, -0.1) is 0 Å². The molecular formula is C12H21N3O4S2. The molecule has 0 unspecified atom stereocenters. The molecule has 1 rings (SSSR count). The first kappa shape index (κ1) is 17.9. The quantitative estimate of drug-likeness (QED) is 0.553. The van der Waals surface area contributed by atoms with Gasteiger partial charge in [0.15, 0.2) is 5.00 Å². The molecule has 0 aliphatic rings. The van der Waals surface area contributed by atoms with Crippen molar-refractivity contribution in [1.82, 2.24) is 4.31 Å². The lowest BCUT2D eigenvalue weighted by atomic mass is 10.4. The number of rotatable bonds is 9. The van der Waals surface area contributed by atoms with Crippen LogP contribution in [0.2, 0.25) is 0 Å². The van der Waals surface area contributed by atoms with Gasteiger partial charge >= 0.3 is 5.69 Å². The maximum Gasteiger partial charge on any atom is 0.304 e. The Morgan fingerprint density at radius 1 is 1.33 bits per heavy atom. The van der Waals surface area contributed by atoms with Crippen molar-refractivity contribution in [3.8, 4) is 0 Å². The van der Waals surface area contributed by atoms with E-state index in [1.807, 2.05) is 13.8 Å². The van der Waals surface area contributed by atoms with Gasteiger partial charge < -0.3 is 5.32 Å². The van der Waals surface area contributed by atoms with Crippen LogP contribution in [-0.4, -0.2) is 37.3 Å². The van der Waals surface area contributed by atoms with Crippen molar-refractivity contribution in [3.05, 3.63) is 16.2 Å². The summed E-state index contributed by atoms with van der Waals surface area (Å²) in [6, 6.07) is 1.15. The maximum absolute atomic E-state index is 12.5. The normalized spacial score (nSPS) is 11.8. The highest BCUT2D eigenvalue weighted by Gasteiger charge is 2.29. The minimum Gasteiger partial charge on any atom is -0.371 e. The van der Waals surface area contributed by atoms with E-state index in [1.54, 1.807) is 6.92 Å². The number of nitrogens with one attached hydrogen (secondary N) is 1. The first-order valence-corrected chi connectivity index (χ1v) is 9.16. The van der Waals surface area contributed by atoms with Gasteiger partial charge in [-0.1, -0.05) is 32.1 Å². The van der Waals surface area contributed by atoms with Crippen molar-refractivity contribution in [2.75, 3.05) is 25.0 Å². The molecule has 0 saturated heterocycles. The average molecular weight is 335 g/mol. The van der Waals surface area contributed by atoms with Gasteiger partial charge in [0, 0.05) is 25.7 Å². The summed E-state index contributed by atoms with van der Waals surface area (Å²) in [6.45, 7) is 6.90. The second-order valence-corrected chi connectivity index (χ2v) is 7.68. The predicted octanol–water partition coefficient (Wildman–Crippen LogP) is 2.90. The number of hydrogen-bond acceptors (Lipinski definition) is 6. The Bertz CT molecular complexity index is 583. The van der Waals surface area contributed by atoms with Gasteiger partial charge in [0.1, 0.15) is 4.21 Å². The fraction of sp³-hybridized carbons (Fsp3) is 0.667. The van der Waals surface area contributed by atoms with E-state index in [4.69, 9.17) is 0 Å². The van der Waals surface area contributed by atoms with E-state index >= 15 is 0 Å². The molecule has 9 heteroatoms. The third-order valence-corrected chi connectivity index (χ3v) is 6.35. The average Bonchev–Trinajstić information content (AvgIpc) is 2.87. The van der Waals surface area contributed by atoms with E-state index in [0.717, 1.165) is 23.8 Å². The zero-order valence-electron chi connectivity index (χ0n) is 12.5. The van der Waals surface area contributed by atoms with Crippen LogP contribution in [0.15, 0.2) is 10.3 Å². The molecule has 1 heterocycles. The van der Waals surface area contributed by atoms with Crippen LogP contribution in [0, 0.1) is 10.1 Å². The Balaban J connectivity index is 3.20. The largest absolute Gasteiger partial charge is 0.371 e. The number of hydrogen-bond donors (Lipinski definition) is 1. The summed E-state index contributed by atoms with van der Waals surface area (Å²) in [5.41, 5.74) is -0.181. The molecule has 1 N–H and O–H groups in total. The maximum atomic E-state index is 12.5. The highest BCUT2D eigenvalue weighted by Crippen LogP contribution is 2.38. The van der Waals surface area contributed by atoms with Gasteiger partial charge in [-0.25, -0.2) is 8.42 Å². The summed E-state index contributed by atoms with van der Waals surface area (Å²) in [5, 5.41) is 14.3. The van der Waals surface area contributed by atoms with Gasteiger partial charge in [0.05, 0.1) is 4.92 Å². The van der Waals surface area contributed by atoms with Crippen LogP contribution in [-0.2, 0) is 10.0 Å². The van der Waals surface area contributed by atoms with E-state index in [9.17, 15) is 18.5 Å². The topological polar surface area (TPSA) is 92.6 Å². The van der Waals surface area contributed by atoms with Crippen molar-refractivity contribution >= 4 is 32.0 Å². The van der Waals surface area contributed by atoms with Crippen LogP contribution >= 0.6 is 11.3 Å². The van der Waals surface area contributed by atoms with Crippen LogP contribution in [0.4, 0.5) is 10.7 Å². The molecule has 0 aromatic carbocycles. The molecule has 0 spiro atoms. The number of nitro groups is 1. The minimum absolute atomic E-state index is 0.0168. The van der Waals surface area contributed by atoms with Crippen molar-refractivity contribution < 1.29 is 13.3 Å². The van der Waals surface area contributed by atoms with Gasteiger partial charge in [-0.3, -0.25) is 10.1 Å². The molecule has 0 bridgehead atoms. The molecule has 0 amide bonds. The van der Waals surface area contributed by atoms with Gasteiger partial charge in [-0.2, -0.15) is 4.31 Å². The van der Waals surface area contributed by atoms with Crippen LogP contribution in [0.3, 0.4) is 0 Å². The molecule has 0 radical (unpaired) electrons. The number of anilines is 1. The zero-order valence-corrected chi connectivity index (χ0v) is 14.1. The predicted molar refractivity (Wildman–Crippen MR) is 84.5 cm³/mol. The third-order valence-electron chi connectivity index (χ3n) is 2.84. The Labute approximate surface area is 129 Å². The lowest BCUT2D eigenvalue weighted by Gasteiger charge is -2.18. The standard InChI is InChI=1S/C12H21N3O4S2/c1-4-7-13-12-10(15(16)17)9-11(20-12)21(18,19)14(6-3)8-5-2/h9,13H,4-8H2,1-3H3. The minimum atomic E-state index is -3.67. The molecule has 21 heavy (non-hydrogen) atoms. The highest BCUT2D eigenvalue weighted by atomic mass is 32.2. The van der Waals surface area contributed by atoms with Gasteiger partial charge in [-0.05, 0) is 12.8 Å². The second kappa shape index (κ2) is 7.71. The fourth-order valence-corrected chi connectivity index (χ4v) is 4.86. The number of nitrogens with zero attached hydrogens (tertiary/aromatic N) is 2. The smallest absolute Gasteiger partial charge is 0.304 e. The first-order chi connectivity index (χ1) is 9.88. The molecule has 1 aromatic heterocycles. The number of thiophene rings is 1. The van der Waals surface area contributed by atoms with Crippen LogP contribution in [0.1, 0.15) is 33.6 Å². The SMILES string of the molecule is CCCNc1sc(S(=O)(=O)N(CC)CCC)cc1[N+](=O)[O-]. The summed E-state index contributed by atoms with van der Waals surface area (Å²) in [6.07, 6.45) is 1.50. The molecule has 0 atom stereocenters. The van der Waals surface area contributed by atoms with E-state index < -0.39 is 14.9 Å². The molecule has 120 valence electrons. The molecule has 0 saturated carbocycles. The molecule has 0 fully saturated rings. The van der Waals surface area contributed by atoms with Crippen molar-refractivity contribution in [2.24, 2.45) is 0 Å². The number of sulfonamides is 1. The summed E-state index contributed by atoms with van der Waals surface area (Å²) in [5.74, 6) is 0. The molecule has 1 aromatic rings. The van der Waals surface area contributed by atoms with E-state index in [1.165, 1.54) is 4.31 Å². The molecular weight excluding hydrogens is 314 g/mol. The van der Waals surface area contributed by atoms with Crippen LogP contribution in [0.5, 0.6) is 0 Å². The fourth-order valence-electron chi connectivity index (χ4n) is 1.81. The summed E-state index contributed by atoms with van der Waals surface area (Å²) < 4.78 is 26.4. The van der Waals surface area contributed by atoms with Gasteiger partial charge in [0.2, 0.25) is 0 Å². The van der Waals surface area contributed by atoms with E-state index in [2.05, 4.69) is 5.32 Å². The molecule has 0 aliphatic heterocycles. The summed E-state index contributed by atoms with van der Waals surface area (Å²) in [7, 11) is -3.67. The Hall–Kier alpha value is -1.19. The van der Waals surface area contributed by atoms with Crippen molar-refractivity contribution in [2.45, 2.75) is 37.8 Å². The van der Waals surface area contributed by atoms with E-state index in [0.29, 0.717) is 31.1 Å². The second-order valence-electron chi connectivity index (χ2n) is 4.46. The molecule has 0 aliphatic carbocycles. The summed E-state index contributed by atoms with van der Waals surface area (Å²) in [4.78, 5) is 10.5.